The van der Waals surface area contributed by atoms with Crippen LogP contribution in [0.5, 0.6) is 5.75 Å². The number of para-hydroxylation sites is 1. The topological polar surface area (TPSA) is 72.9 Å². The number of hydrogen-bond acceptors (Lipinski definition) is 6. The van der Waals surface area contributed by atoms with Crippen molar-refractivity contribution in [2.24, 2.45) is 0 Å². The lowest BCUT2D eigenvalue weighted by atomic mass is 10.0. The predicted octanol–water partition coefficient (Wildman–Crippen LogP) is 2.36. The SMILES string of the molecule is COc1ccccc1CNC(=O)c1ccnc(N2CCC3(CC2)OCCO3)c1. The van der Waals surface area contributed by atoms with Gasteiger partial charge in [0.2, 0.25) is 0 Å². The van der Waals surface area contributed by atoms with E-state index < -0.39 is 5.79 Å². The minimum atomic E-state index is -0.416. The number of ether oxygens (including phenoxy) is 3. The molecule has 1 aromatic heterocycles. The number of carbonyl (C=O) groups excluding carboxylic acids is 1. The molecule has 1 amide bonds. The fraction of sp³-hybridized carbons (Fsp3) is 0.429. The summed E-state index contributed by atoms with van der Waals surface area (Å²) >= 11 is 0. The summed E-state index contributed by atoms with van der Waals surface area (Å²) in [6.07, 6.45) is 3.29. The van der Waals surface area contributed by atoms with Crippen LogP contribution in [0.25, 0.3) is 0 Å². The minimum Gasteiger partial charge on any atom is -0.496 e. The van der Waals surface area contributed by atoms with E-state index in [0.29, 0.717) is 25.3 Å². The molecule has 4 rings (SSSR count). The second kappa shape index (κ2) is 8.16. The lowest BCUT2D eigenvalue weighted by molar-refractivity contribution is -0.169. The molecular formula is C21H25N3O4. The minimum absolute atomic E-state index is 0.134. The van der Waals surface area contributed by atoms with E-state index in [-0.39, 0.29) is 5.91 Å². The first-order valence-electron chi connectivity index (χ1n) is 9.58. The van der Waals surface area contributed by atoms with Crippen LogP contribution in [0.4, 0.5) is 5.82 Å². The predicted molar refractivity (Wildman–Crippen MR) is 104 cm³/mol. The molecule has 0 saturated carbocycles. The summed E-state index contributed by atoms with van der Waals surface area (Å²) in [5.41, 5.74) is 1.53. The summed E-state index contributed by atoms with van der Waals surface area (Å²) in [6, 6.07) is 11.2. The number of piperidine rings is 1. The Hall–Kier alpha value is -2.64. The molecule has 2 aliphatic rings. The van der Waals surface area contributed by atoms with Crippen LogP contribution >= 0.6 is 0 Å². The highest BCUT2D eigenvalue weighted by molar-refractivity contribution is 5.94. The Kier molecular flexibility index (Phi) is 5.45. The molecule has 1 N–H and O–H groups in total. The van der Waals surface area contributed by atoms with E-state index >= 15 is 0 Å². The van der Waals surface area contributed by atoms with Crippen LogP contribution in [0.2, 0.25) is 0 Å². The third-order valence-corrected chi connectivity index (χ3v) is 5.30. The molecule has 1 spiro atoms. The zero-order chi connectivity index (χ0) is 19.4. The number of amides is 1. The number of rotatable bonds is 5. The molecule has 7 heteroatoms. The van der Waals surface area contributed by atoms with Gasteiger partial charge in [-0.3, -0.25) is 4.79 Å². The smallest absolute Gasteiger partial charge is 0.251 e. The average molecular weight is 383 g/mol. The molecule has 0 bridgehead atoms. The molecule has 7 nitrogen and oxygen atoms in total. The van der Waals surface area contributed by atoms with E-state index in [4.69, 9.17) is 14.2 Å². The second-order valence-electron chi connectivity index (χ2n) is 6.99. The van der Waals surface area contributed by atoms with Crippen molar-refractivity contribution < 1.29 is 19.0 Å². The third-order valence-electron chi connectivity index (χ3n) is 5.30. The van der Waals surface area contributed by atoms with Crippen LogP contribution in [0, 0.1) is 0 Å². The van der Waals surface area contributed by atoms with E-state index in [1.807, 2.05) is 30.3 Å². The number of anilines is 1. The van der Waals surface area contributed by atoms with Crippen molar-refractivity contribution in [1.82, 2.24) is 10.3 Å². The molecule has 3 heterocycles. The number of methoxy groups -OCH3 is 1. The van der Waals surface area contributed by atoms with E-state index in [0.717, 1.165) is 43.1 Å². The Labute approximate surface area is 164 Å². The Morgan fingerprint density at radius 3 is 2.71 bits per heavy atom. The average Bonchev–Trinajstić information content (AvgIpc) is 3.20. The van der Waals surface area contributed by atoms with E-state index in [1.165, 1.54) is 0 Å². The maximum atomic E-state index is 12.6. The van der Waals surface area contributed by atoms with Gasteiger partial charge in [0.15, 0.2) is 5.79 Å². The van der Waals surface area contributed by atoms with Gasteiger partial charge in [-0.1, -0.05) is 18.2 Å². The lowest BCUT2D eigenvalue weighted by Crippen LogP contribution is -2.45. The Bertz CT molecular complexity index is 826. The van der Waals surface area contributed by atoms with E-state index in [2.05, 4.69) is 15.2 Å². The monoisotopic (exact) mass is 383 g/mol. The number of nitrogens with zero attached hydrogens (tertiary/aromatic N) is 2. The molecule has 2 saturated heterocycles. The molecule has 2 fully saturated rings. The zero-order valence-electron chi connectivity index (χ0n) is 16.0. The van der Waals surface area contributed by atoms with Crippen LogP contribution in [0.1, 0.15) is 28.8 Å². The van der Waals surface area contributed by atoms with Gasteiger partial charge in [-0.2, -0.15) is 0 Å². The van der Waals surface area contributed by atoms with Crippen molar-refractivity contribution in [2.45, 2.75) is 25.2 Å². The molecule has 0 radical (unpaired) electrons. The van der Waals surface area contributed by atoms with E-state index in [1.54, 1.807) is 19.4 Å². The zero-order valence-corrected chi connectivity index (χ0v) is 16.0. The Balaban J connectivity index is 1.38. The van der Waals surface area contributed by atoms with Crippen LogP contribution < -0.4 is 15.0 Å². The Morgan fingerprint density at radius 1 is 1.21 bits per heavy atom. The molecule has 148 valence electrons. The lowest BCUT2D eigenvalue weighted by Gasteiger charge is -2.38. The molecule has 1 aromatic carbocycles. The van der Waals surface area contributed by atoms with Crippen molar-refractivity contribution in [3.63, 3.8) is 0 Å². The normalized spacial score (nSPS) is 18.2. The van der Waals surface area contributed by atoms with Gasteiger partial charge in [-0.25, -0.2) is 4.98 Å². The molecule has 0 atom stereocenters. The van der Waals surface area contributed by atoms with Crippen molar-refractivity contribution >= 4 is 11.7 Å². The number of benzene rings is 1. The molecule has 0 aliphatic carbocycles. The van der Waals surface area contributed by atoms with Gasteiger partial charge in [-0.15, -0.1) is 0 Å². The summed E-state index contributed by atoms with van der Waals surface area (Å²) in [6.45, 7) is 3.32. The largest absolute Gasteiger partial charge is 0.496 e. The summed E-state index contributed by atoms with van der Waals surface area (Å²) < 4.78 is 16.9. The number of aromatic nitrogens is 1. The summed E-state index contributed by atoms with van der Waals surface area (Å²) in [4.78, 5) is 19.2. The number of carbonyl (C=O) groups is 1. The second-order valence-corrected chi connectivity index (χ2v) is 6.99. The molecule has 2 aliphatic heterocycles. The van der Waals surface area contributed by atoms with Gasteiger partial charge in [0, 0.05) is 49.8 Å². The van der Waals surface area contributed by atoms with Gasteiger partial charge in [0.1, 0.15) is 11.6 Å². The van der Waals surface area contributed by atoms with Crippen LogP contribution in [-0.4, -0.2) is 50.1 Å². The van der Waals surface area contributed by atoms with Crippen molar-refractivity contribution in [3.05, 3.63) is 53.7 Å². The maximum Gasteiger partial charge on any atom is 0.251 e. The van der Waals surface area contributed by atoms with Crippen molar-refractivity contribution in [1.29, 1.82) is 0 Å². The van der Waals surface area contributed by atoms with Crippen LogP contribution in [0.3, 0.4) is 0 Å². The fourth-order valence-corrected chi connectivity index (χ4v) is 3.72. The van der Waals surface area contributed by atoms with Crippen molar-refractivity contribution in [3.8, 4) is 5.75 Å². The highest BCUT2D eigenvalue weighted by atomic mass is 16.7. The third kappa shape index (κ3) is 3.95. The van der Waals surface area contributed by atoms with Gasteiger partial charge in [0.25, 0.3) is 5.91 Å². The van der Waals surface area contributed by atoms with Gasteiger partial charge >= 0.3 is 0 Å². The Morgan fingerprint density at radius 2 is 1.96 bits per heavy atom. The van der Waals surface area contributed by atoms with Gasteiger partial charge in [0.05, 0.1) is 20.3 Å². The maximum absolute atomic E-state index is 12.6. The summed E-state index contributed by atoms with van der Waals surface area (Å²) in [5.74, 6) is 1.01. The summed E-state index contributed by atoms with van der Waals surface area (Å²) in [5, 5.41) is 2.95. The van der Waals surface area contributed by atoms with Crippen molar-refractivity contribution in [2.75, 3.05) is 38.3 Å². The van der Waals surface area contributed by atoms with Gasteiger partial charge in [-0.05, 0) is 18.2 Å². The highest BCUT2D eigenvalue weighted by Crippen LogP contribution is 2.32. The first-order valence-corrected chi connectivity index (χ1v) is 9.58. The first kappa shape index (κ1) is 18.7. The number of nitrogens with one attached hydrogen (secondary N) is 1. The molecule has 0 unspecified atom stereocenters. The number of pyridine rings is 1. The quantitative estimate of drug-likeness (QED) is 0.855. The molecule has 28 heavy (non-hydrogen) atoms. The van der Waals surface area contributed by atoms with Gasteiger partial charge < -0.3 is 24.4 Å². The standard InChI is InChI=1S/C21H25N3O4/c1-26-18-5-3-2-4-17(18)15-23-20(25)16-6-9-22-19(14-16)24-10-7-21(8-11-24)27-12-13-28-21/h2-6,9,14H,7-8,10-13,15H2,1H3,(H,23,25). The van der Waals surface area contributed by atoms with Crippen LogP contribution in [0.15, 0.2) is 42.6 Å². The first-order chi connectivity index (χ1) is 13.7. The highest BCUT2D eigenvalue weighted by Gasteiger charge is 2.40. The molecule has 2 aromatic rings. The van der Waals surface area contributed by atoms with E-state index in [9.17, 15) is 4.79 Å². The summed E-state index contributed by atoms with van der Waals surface area (Å²) in [7, 11) is 1.63. The molecular weight excluding hydrogens is 358 g/mol. The fourth-order valence-electron chi connectivity index (χ4n) is 3.72. The number of hydrogen-bond donors (Lipinski definition) is 1. The van der Waals surface area contributed by atoms with Crippen LogP contribution in [-0.2, 0) is 16.0 Å².